The molecular formula is C20H27N4O7PS. The van der Waals surface area contributed by atoms with Crippen LogP contribution in [0.15, 0.2) is 40.9 Å². The second-order valence-corrected chi connectivity index (χ2v) is 9.25. The Balaban J connectivity index is 2.28. The van der Waals surface area contributed by atoms with Gasteiger partial charge in [0.2, 0.25) is 5.91 Å². The number of carbonyl (C=O) groups is 1. The van der Waals surface area contributed by atoms with Crippen LogP contribution in [0.5, 0.6) is 5.75 Å². The summed E-state index contributed by atoms with van der Waals surface area (Å²) < 4.78 is 20.7. The van der Waals surface area contributed by atoms with Crippen molar-refractivity contribution in [3.63, 3.8) is 0 Å². The van der Waals surface area contributed by atoms with E-state index in [-0.39, 0.29) is 47.4 Å². The predicted molar refractivity (Wildman–Crippen MR) is 127 cm³/mol. The summed E-state index contributed by atoms with van der Waals surface area (Å²) in [6, 6.07) is 6.72. The van der Waals surface area contributed by atoms with Gasteiger partial charge in [0, 0.05) is 35.9 Å². The van der Waals surface area contributed by atoms with Crippen LogP contribution in [0.1, 0.15) is 30.3 Å². The Morgan fingerprint density at radius 2 is 2.06 bits per heavy atom. The van der Waals surface area contributed by atoms with Gasteiger partial charge in [-0.1, -0.05) is 12.1 Å². The molecule has 1 heterocycles. The number of anilines is 1. The summed E-state index contributed by atoms with van der Waals surface area (Å²) in [7, 11) is -3.18. The highest BCUT2D eigenvalue weighted by Gasteiger charge is 2.16. The number of hydrogen-bond donors (Lipinski definition) is 6. The minimum absolute atomic E-state index is 0.00424. The number of benzene rings is 1. The molecule has 13 heteroatoms. The molecule has 0 saturated carbocycles. The Morgan fingerprint density at radius 1 is 1.33 bits per heavy atom. The van der Waals surface area contributed by atoms with Crippen molar-refractivity contribution >= 4 is 35.9 Å². The molecule has 0 saturated heterocycles. The molecular weight excluding hydrogens is 471 g/mol. The van der Waals surface area contributed by atoms with E-state index in [0.29, 0.717) is 27.6 Å². The van der Waals surface area contributed by atoms with Crippen molar-refractivity contribution in [2.75, 3.05) is 19.5 Å². The van der Waals surface area contributed by atoms with Crippen LogP contribution < -0.4 is 15.8 Å². The summed E-state index contributed by atoms with van der Waals surface area (Å²) in [5.74, 6) is 0.847. The molecule has 180 valence electrons. The number of aromatic nitrogens is 2. The number of nitrogen functional groups attached to an aromatic ring is 1. The number of amides is 1. The molecule has 1 aromatic carbocycles. The van der Waals surface area contributed by atoms with Gasteiger partial charge in [-0.05, 0) is 30.9 Å². The summed E-state index contributed by atoms with van der Waals surface area (Å²) >= 11 is 0.271. The Hall–Kier alpha value is -2.60. The normalized spacial score (nSPS) is 13.1. The minimum atomic E-state index is -4.68. The van der Waals surface area contributed by atoms with E-state index in [2.05, 4.69) is 19.8 Å². The number of nitrogens with one attached hydrogen (secondary N) is 1. The lowest BCUT2D eigenvalue weighted by Gasteiger charge is -2.13. The molecule has 2 rings (SSSR count). The van der Waals surface area contributed by atoms with E-state index in [4.69, 9.17) is 20.3 Å². The van der Waals surface area contributed by atoms with Gasteiger partial charge in [0.1, 0.15) is 22.4 Å². The minimum Gasteiger partial charge on any atom is -0.497 e. The number of nitrogens with two attached hydrogens (primary N) is 1. The van der Waals surface area contributed by atoms with E-state index in [1.807, 2.05) is 0 Å². The van der Waals surface area contributed by atoms with E-state index in [9.17, 15) is 14.5 Å². The first-order valence-corrected chi connectivity index (χ1v) is 12.1. The molecule has 2 aromatic rings. The molecule has 0 aliphatic carbocycles. The Bertz CT molecular complexity index is 1120. The van der Waals surface area contributed by atoms with Gasteiger partial charge in [0.05, 0.1) is 13.7 Å². The number of aryl methyl sites for hydroxylation is 1. The predicted octanol–water partition coefficient (Wildman–Crippen LogP) is 1.97. The maximum Gasteiger partial charge on any atom is 0.469 e. The van der Waals surface area contributed by atoms with Crippen LogP contribution in [0, 0.1) is 6.92 Å². The van der Waals surface area contributed by atoms with Gasteiger partial charge in [-0.25, -0.2) is 14.5 Å². The molecule has 0 radical (unpaired) electrons. The summed E-state index contributed by atoms with van der Waals surface area (Å²) in [5.41, 5.74) is 7.12. The molecule has 0 spiro atoms. The fourth-order valence-corrected chi connectivity index (χ4v) is 3.96. The van der Waals surface area contributed by atoms with Gasteiger partial charge >= 0.3 is 7.82 Å². The summed E-state index contributed by atoms with van der Waals surface area (Å²) in [6.07, 6.45) is 1.52. The molecule has 0 atom stereocenters. The monoisotopic (exact) mass is 498 g/mol. The van der Waals surface area contributed by atoms with Crippen molar-refractivity contribution in [1.82, 2.24) is 15.3 Å². The molecule has 0 bridgehead atoms. The maximum atomic E-state index is 12.8. The molecule has 1 aromatic heterocycles. The summed E-state index contributed by atoms with van der Waals surface area (Å²) in [4.78, 5) is 39.2. The number of rotatable bonds is 10. The molecule has 0 fully saturated rings. The fraction of sp³-hybridized carbons (Fsp3) is 0.300. The van der Waals surface area contributed by atoms with Crippen molar-refractivity contribution < 1.29 is 33.5 Å². The van der Waals surface area contributed by atoms with Crippen LogP contribution in [-0.4, -0.2) is 49.5 Å². The van der Waals surface area contributed by atoms with Gasteiger partial charge in [0.25, 0.3) is 0 Å². The SMILES string of the molecule is COc1cccc(/C(O)=[SH]/C(CCOP(=O)(O)O)=C(/C)C(=O)NCc2cnc(C)nc2N)c1. The lowest BCUT2D eigenvalue weighted by molar-refractivity contribution is -0.117. The maximum absolute atomic E-state index is 12.8. The van der Waals surface area contributed by atoms with Gasteiger partial charge in [-0.3, -0.25) is 9.32 Å². The number of carbonyl (C=O) groups excluding carboxylic acids is 1. The number of aliphatic hydroxyl groups excluding tert-OH is 1. The van der Waals surface area contributed by atoms with E-state index < -0.39 is 13.7 Å². The number of ether oxygens (including phenoxy) is 1. The molecule has 33 heavy (non-hydrogen) atoms. The molecule has 1 amide bonds. The van der Waals surface area contributed by atoms with Crippen molar-refractivity contribution in [2.45, 2.75) is 26.8 Å². The third-order valence-corrected chi connectivity index (χ3v) is 6.22. The van der Waals surface area contributed by atoms with E-state index in [1.165, 1.54) is 13.3 Å². The number of aliphatic hydroxyl groups is 1. The van der Waals surface area contributed by atoms with Crippen molar-refractivity contribution in [3.8, 4) is 5.75 Å². The third kappa shape index (κ3) is 8.69. The highest BCUT2D eigenvalue weighted by Crippen LogP contribution is 2.36. The zero-order valence-corrected chi connectivity index (χ0v) is 20.1. The first-order chi connectivity index (χ1) is 15.5. The standard InChI is InChI=1S/C20H27N4O7PS/c1-12(19(25)23-11-15-10-22-13(2)24-18(15)21)17(7-8-31-32(27,28)29)33-20(26)14-5-4-6-16(9-14)30-3/h4-6,9-10,26,33H,7-8,11H2,1-3H3,(H,23,25)(H2,21,22,24)(H2,27,28,29)/b17-12-. The number of hydrogen-bond acceptors (Lipinski definition) is 7. The zero-order chi connectivity index (χ0) is 24.6. The number of thiol groups is 1. The summed E-state index contributed by atoms with van der Waals surface area (Å²) in [5, 5.41) is 13.3. The second kappa shape index (κ2) is 12.0. The van der Waals surface area contributed by atoms with Crippen molar-refractivity contribution in [1.29, 1.82) is 0 Å². The van der Waals surface area contributed by atoms with E-state index in [1.54, 1.807) is 38.1 Å². The van der Waals surface area contributed by atoms with Crippen LogP contribution in [-0.2, 0) is 20.4 Å². The van der Waals surface area contributed by atoms with Crippen molar-refractivity contribution in [3.05, 3.63) is 57.9 Å². The van der Waals surface area contributed by atoms with Crippen LogP contribution in [0.4, 0.5) is 5.82 Å². The zero-order valence-electron chi connectivity index (χ0n) is 18.3. The van der Waals surface area contributed by atoms with E-state index >= 15 is 0 Å². The van der Waals surface area contributed by atoms with Gasteiger partial charge in [-0.15, -0.1) is 11.4 Å². The largest absolute Gasteiger partial charge is 0.497 e. The highest BCUT2D eigenvalue weighted by atomic mass is 32.1. The quantitative estimate of drug-likeness (QED) is 0.123. The topological polar surface area (TPSA) is 177 Å². The third-order valence-electron chi connectivity index (χ3n) is 4.40. The Kier molecular flexibility index (Phi) is 9.71. The van der Waals surface area contributed by atoms with Crippen LogP contribution in [0.2, 0.25) is 0 Å². The second-order valence-electron chi connectivity index (χ2n) is 6.82. The first kappa shape index (κ1) is 26.7. The smallest absolute Gasteiger partial charge is 0.469 e. The Labute approximate surface area is 194 Å². The number of phosphoric acid groups is 1. The summed E-state index contributed by atoms with van der Waals surface area (Å²) in [6.45, 7) is 2.98. The molecule has 0 aliphatic rings. The van der Waals surface area contributed by atoms with Gasteiger partial charge < -0.3 is 30.7 Å². The van der Waals surface area contributed by atoms with Crippen molar-refractivity contribution in [2.24, 2.45) is 0 Å². The fourth-order valence-electron chi connectivity index (χ4n) is 2.63. The van der Waals surface area contributed by atoms with Gasteiger partial charge in [0.15, 0.2) is 0 Å². The van der Waals surface area contributed by atoms with Crippen LogP contribution in [0.25, 0.3) is 0 Å². The molecule has 11 nitrogen and oxygen atoms in total. The van der Waals surface area contributed by atoms with Crippen LogP contribution >= 0.6 is 19.2 Å². The lowest BCUT2D eigenvalue weighted by atomic mass is 10.2. The molecule has 0 unspecified atom stereocenters. The van der Waals surface area contributed by atoms with E-state index in [0.717, 1.165) is 0 Å². The number of methoxy groups -OCH3 is 1. The van der Waals surface area contributed by atoms with Gasteiger partial charge in [-0.2, -0.15) is 0 Å². The number of phosphoric ester groups is 1. The molecule has 0 aliphatic heterocycles. The highest BCUT2D eigenvalue weighted by molar-refractivity contribution is 8.02. The average molecular weight is 498 g/mol. The number of nitrogens with zero attached hydrogens (tertiary/aromatic N) is 2. The van der Waals surface area contributed by atoms with Crippen LogP contribution in [0.3, 0.4) is 0 Å². The average Bonchev–Trinajstić information content (AvgIpc) is 2.76. The first-order valence-electron chi connectivity index (χ1n) is 9.68. The molecule has 6 N–H and O–H groups in total. The Morgan fingerprint density at radius 3 is 2.70 bits per heavy atom. The lowest BCUT2D eigenvalue weighted by Crippen LogP contribution is -2.25.